The number of rotatable bonds is 5. The molecule has 1 fully saturated rings. The van der Waals surface area contributed by atoms with Gasteiger partial charge in [-0.3, -0.25) is 0 Å². The molecule has 0 saturated carbocycles. The summed E-state index contributed by atoms with van der Waals surface area (Å²) >= 11 is 0. The van der Waals surface area contributed by atoms with Gasteiger partial charge in [-0.1, -0.05) is 35.5 Å². The molecule has 1 saturated heterocycles. The molecule has 1 aromatic heterocycles. The Morgan fingerprint density at radius 3 is 2.96 bits per heavy atom. The van der Waals surface area contributed by atoms with Gasteiger partial charge in [0.25, 0.3) is 0 Å². The Balaban J connectivity index is 1.50. The first-order valence-corrected chi connectivity index (χ1v) is 7.81. The van der Waals surface area contributed by atoms with Crippen LogP contribution in [0.1, 0.15) is 11.3 Å². The van der Waals surface area contributed by atoms with Crippen LogP contribution in [0.4, 0.5) is 4.79 Å². The van der Waals surface area contributed by atoms with Crippen molar-refractivity contribution in [3.05, 3.63) is 47.8 Å². The molecular weight excluding hydrogens is 312 g/mol. The van der Waals surface area contributed by atoms with Gasteiger partial charge in [0.05, 0.1) is 38.6 Å². The lowest BCUT2D eigenvalue weighted by Crippen LogP contribution is -2.47. The minimum atomic E-state index is -0.346. The van der Waals surface area contributed by atoms with Crippen molar-refractivity contribution in [1.82, 2.24) is 19.9 Å². The van der Waals surface area contributed by atoms with Gasteiger partial charge >= 0.3 is 6.09 Å². The quantitative estimate of drug-likeness (QED) is 0.871. The summed E-state index contributed by atoms with van der Waals surface area (Å²) in [6.45, 7) is 1.96. The van der Waals surface area contributed by atoms with Crippen molar-refractivity contribution in [2.24, 2.45) is 0 Å². The molecule has 128 valence electrons. The van der Waals surface area contributed by atoms with E-state index in [1.165, 1.54) is 0 Å². The van der Waals surface area contributed by atoms with Gasteiger partial charge < -0.3 is 19.5 Å². The van der Waals surface area contributed by atoms with Crippen LogP contribution < -0.4 is 0 Å². The topological polar surface area (TPSA) is 89.7 Å². The lowest BCUT2D eigenvalue weighted by molar-refractivity contribution is -0.0365. The molecule has 0 aliphatic carbocycles. The Hall–Kier alpha value is -2.45. The summed E-state index contributed by atoms with van der Waals surface area (Å²) in [4.78, 5) is 13.8. The van der Waals surface area contributed by atoms with Crippen molar-refractivity contribution in [3.8, 4) is 0 Å². The van der Waals surface area contributed by atoms with Crippen molar-refractivity contribution < 1.29 is 19.4 Å². The molecule has 1 amide bonds. The van der Waals surface area contributed by atoms with Crippen LogP contribution in [0.15, 0.2) is 36.5 Å². The number of benzene rings is 1. The Kier molecular flexibility index (Phi) is 5.39. The van der Waals surface area contributed by atoms with Crippen LogP contribution in [-0.4, -0.2) is 56.9 Å². The zero-order valence-electron chi connectivity index (χ0n) is 13.2. The Labute approximate surface area is 139 Å². The maximum absolute atomic E-state index is 12.2. The predicted octanol–water partition coefficient (Wildman–Crippen LogP) is 0.808. The molecule has 1 aliphatic heterocycles. The molecule has 0 bridgehead atoms. The molecule has 2 heterocycles. The molecule has 24 heavy (non-hydrogen) atoms. The van der Waals surface area contributed by atoms with Gasteiger partial charge in [-0.15, -0.1) is 5.10 Å². The van der Waals surface area contributed by atoms with Gasteiger partial charge in [0.1, 0.15) is 12.3 Å². The zero-order valence-corrected chi connectivity index (χ0v) is 13.2. The SMILES string of the molecule is O=C(OCc1ccccc1)N1CCOC(Cn2cc(CO)nn2)C1. The largest absolute Gasteiger partial charge is 0.445 e. The van der Waals surface area contributed by atoms with Crippen LogP contribution in [0.3, 0.4) is 0 Å². The van der Waals surface area contributed by atoms with Crippen LogP contribution in [0.5, 0.6) is 0 Å². The van der Waals surface area contributed by atoms with Crippen LogP contribution in [0.2, 0.25) is 0 Å². The molecule has 2 aromatic rings. The summed E-state index contributed by atoms with van der Waals surface area (Å²) in [6.07, 6.45) is 1.13. The third-order valence-electron chi connectivity index (χ3n) is 3.74. The summed E-state index contributed by atoms with van der Waals surface area (Å²) < 4.78 is 12.6. The number of aromatic nitrogens is 3. The molecule has 1 N–H and O–H groups in total. The summed E-state index contributed by atoms with van der Waals surface area (Å²) in [5.74, 6) is 0. The smallest absolute Gasteiger partial charge is 0.410 e. The molecule has 0 radical (unpaired) electrons. The number of aliphatic hydroxyl groups is 1. The van der Waals surface area contributed by atoms with Crippen molar-refractivity contribution in [2.45, 2.75) is 25.9 Å². The molecule has 3 rings (SSSR count). The maximum Gasteiger partial charge on any atom is 0.410 e. The van der Waals surface area contributed by atoms with E-state index in [0.29, 0.717) is 31.9 Å². The Bertz CT molecular complexity index is 661. The number of amides is 1. The van der Waals surface area contributed by atoms with E-state index >= 15 is 0 Å². The highest BCUT2D eigenvalue weighted by atomic mass is 16.6. The summed E-state index contributed by atoms with van der Waals surface area (Å²) in [5, 5.41) is 16.7. The molecule has 0 spiro atoms. The lowest BCUT2D eigenvalue weighted by atomic mass is 10.2. The van der Waals surface area contributed by atoms with E-state index in [1.54, 1.807) is 15.8 Å². The van der Waals surface area contributed by atoms with E-state index in [4.69, 9.17) is 14.6 Å². The molecule has 1 atom stereocenters. The molecular formula is C16H20N4O4. The standard InChI is InChI=1S/C16H20N4O4/c21-11-14-8-20(18-17-14)10-15-9-19(6-7-23-15)16(22)24-12-13-4-2-1-3-5-13/h1-5,8,15,21H,6-7,9-12H2. The third-order valence-corrected chi connectivity index (χ3v) is 3.74. The molecule has 8 nitrogen and oxygen atoms in total. The number of aliphatic hydroxyl groups excluding tert-OH is 1. The molecule has 1 unspecified atom stereocenters. The first-order chi connectivity index (χ1) is 11.7. The third kappa shape index (κ3) is 4.30. The maximum atomic E-state index is 12.2. The number of carbonyl (C=O) groups excluding carboxylic acids is 1. The van der Waals surface area contributed by atoms with E-state index in [1.807, 2.05) is 30.3 Å². The average molecular weight is 332 g/mol. The molecule has 1 aliphatic rings. The second kappa shape index (κ2) is 7.89. The number of ether oxygens (including phenoxy) is 2. The molecule has 1 aromatic carbocycles. The first-order valence-electron chi connectivity index (χ1n) is 7.81. The van der Waals surface area contributed by atoms with E-state index in [9.17, 15) is 4.79 Å². The van der Waals surface area contributed by atoms with E-state index in [0.717, 1.165) is 5.56 Å². The van der Waals surface area contributed by atoms with Gasteiger partial charge in [0.2, 0.25) is 0 Å². The monoisotopic (exact) mass is 332 g/mol. The lowest BCUT2D eigenvalue weighted by Gasteiger charge is -2.32. The second-order valence-electron chi connectivity index (χ2n) is 5.57. The van der Waals surface area contributed by atoms with Crippen LogP contribution in [0.25, 0.3) is 0 Å². The van der Waals surface area contributed by atoms with Gasteiger partial charge in [0, 0.05) is 6.54 Å². The van der Waals surface area contributed by atoms with E-state index < -0.39 is 0 Å². The number of hydrogen-bond donors (Lipinski definition) is 1. The molecule has 8 heteroatoms. The van der Waals surface area contributed by atoms with E-state index in [-0.39, 0.29) is 25.4 Å². The minimum absolute atomic E-state index is 0.149. The summed E-state index contributed by atoms with van der Waals surface area (Å²) in [7, 11) is 0. The van der Waals surface area contributed by atoms with Gasteiger partial charge in [-0.05, 0) is 5.56 Å². The van der Waals surface area contributed by atoms with Crippen molar-refractivity contribution >= 4 is 6.09 Å². The predicted molar refractivity (Wildman–Crippen MR) is 83.9 cm³/mol. The number of nitrogens with zero attached hydrogens (tertiary/aromatic N) is 4. The highest BCUT2D eigenvalue weighted by Gasteiger charge is 2.26. The normalized spacial score (nSPS) is 17.7. The Morgan fingerprint density at radius 2 is 2.21 bits per heavy atom. The van der Waals surface area contributed by atoms with E-state index in [2.05, 4.69) is 10.3 Å². The van der Waals surface area contributed by atoms with Crippen LogP contribution in [-0.2, 0) is 29.2 Å². The zero-order chi connectivity index (χ0) is 16.8. The number of morpholine rings is 1. The fourth-order valence-corrected chi connectivity index (χ4v) is 2.52. The number of carbonyl (C=O) groups is 1. The van der Waals surface area contributed by atoms with Crippen molar-refractivity contribution in [1.29, 1.82) is 0 Å². The van der Waals surface area contributed by atoms with Gasteiger partial charge in [0.15, 0.2) is 0 Å². The second-order valence-corrected chi connectivity index (χ2v) is 5.57. The highest BCUT2D eigenvalue weighted by molar-refractivity contribution is 5.67. The van der Waals surface area contributed by atoms with Crippen LogP contribution >= 0.6 is 0 Å². The summed E-state index contributed by atoms with van der Waals surface area (Å²) in [6, 6.07) is 9.57. The van der Waals surface area contributed by atoms with Gasteiger partial charge in [-0.2, -0.15) is 0 Å². The minimum Gasteiger partial charge on any atom is -0.445 e. The highest BCUT2D eigenvalue weighted by Crippen LogP contribution is 2.10. The first kappa shape index (κ1) is 16.4. The van der Waals surface area contributed by atoms with Crippen molar-refractivity contribution in [3.63, 3.8) is 0 Å². The fourth-order valence-electron chi connectivity index (χ4n) is 2.52. The Morgan fingerprint density at radius 1 is 1.38 bits per heavy atom. The average Bonchev–Trinajstić information content (AvgIpc) is 3.08. The fraction of sp³-hybridized carbons (Fsp3) is 0.438. The summed E-state index contributed by atoms with van der Waals surface area (Å²) in [5.41, 5.74) is 1.46. The van der Waals surface area contributed by atoms with Crippen molar-refractivity contribution in [2.75, 3.05) is 19.7 Å². The van der Waals surface area contributed by atoms with Gasteiger partial charge in [-0.25, -0.2) is 9.48 Å². The van der Waals surface area contributed by atoms with Crippen LogP contribution in [0, 0.1) is 0 Å². The number of hydrogen-bond acceptors (Lipinski definition) is 6.